The van der Waals surface area contributed by atoms with Crippen LogP contribution in [0.2, 0.25) is 0 Å². The predicted molar refractivity (Wildman–Crippen MR) is 137 cm³/mol. The van der Waals surface area contributed by atoms with Gasteiger partial charge in [0.15, 0.2) is 19.5 Å². The van der Waals surface area contributed by atoms with Gasteiger partial charge in [-0.1, -0.05) is 12.1 Å². The van der Waals surface area contributed by atoms with Gasteiger partial charge in [0.25, 0.3) is 5.91 Å². The molecular weight excluding hydrogens is 443 g/mol. The molecule has 0 aliphatic carbocycles. The number of rotatable bonds is 6. The normalized spacial score (nSPS) is 18.0. The minimum absolute atomic E-state index is 0.0667. The first-order valence-corrected chi connectivity index (χ1v) is 11.6. The van der Waals surface area contributed by atoms with Crippen LogP contribution in [0.25, 0.3) is 11.3 Å². The summed E-state index contributed by atoms with van der Waals surface area (Å²) in [6, 6.07) is 10.2. The van der Waals surface area contributed by atoms with Crippen LogP contribution in [-0.2, 0) is 4.74 Å². The number of hydrogen-bond donors (Lipinski definition) is 3. The molecule has 4 heterocycles. The summed E-state index contributed by atoms with van der Waals surface area (Å²) in [5.74, 6) is -0.370. The summed E-state index contributed by atoms with van der Waals surface area (Å²) in [6.07, 6.45) is 5.91. The first-order chi connectivity index (χ1) is 17.1. The number of pyridine rings is 1. The zero-order valence-corrected chi connectivity index (χ0v) is 19.4. The Balaban J connectivity index is 1.34. The third-order valence-electron chi connectivity index (χ3n) is 6.37. The number of anilines is 4. The van der Waals surface area contributed by atoms with Crippen molar-refractivity contribution in [3.8, 4) is 11.3 Å². The van der Waals surface area contributed by atoms with Crippen molar-refractivity contribution in [3.63, 3.8) is 0 Å². The van der Waals surface area contributed by atoms with Gasteiger partial charge in [0, 0.05) is 49.7 Å². The number of aromatic nitrogens is 3. The molecule has 0 saturated carbocycles. The Bertz CT molecular complexity index is 1190. The summed E-state index contributed by atoms with van der Waals surface area (Å²) in [5.41, 5.74) is 10.1. The Hall–Kier alpha value is -3.70. The van der Waals surface area contributed by atoms with Crippen LogP contribution in [0.1, 0.15) is 16.9 Å². The Labute approximate surface area is 205 Å². The maximum atomic E-state index is 13.2. The number of carbonyl (C=O) groups is 1. The molecule has 1 aromatic carbocycles. The van der Waals surface area contributed by atoms with Gasteiger partial charge >= 0.3 is 0 Å². The number of ether oxygens (including phenoxy) is 1. The minimum Gasteiger partial charge on any atom is -0.382 e. The number of carbonyl (C=O) groups excluding carboxylic acids is 1. The molecule has 0 spiro atoms. The standard InChI is InChI=1S/C24H27BN8O2/c25-31-17-6-8-33(15-17)18-3-1-16(2-4-18)19-14-28-23(26)22(29-19)24(34)30-20-13-27-7-5-21(20)32-9-11-35-12-10-32/h1-5,7,13-14,17,31H,6,8-12,15H2,(H2,26,28)(H,30,34)/t17-/m1/s1. The highest BCUT2D eigenvalue weighted by Crippen LogP contribution is 2.28. The molecule has 2 aliphatic heterocycles. The maximum absolute atomic E-state index is 13.2. The van der Waals surface area contributed by atoms with Crippen LogP contribution in [0.4, 0.5) is 22.9 Å². The molecule has 2 aromatic heterocycles. The molecule has 1 atom stereocenters. The second kappa shape index (κ2) is 10.3. The molecule has 0 unspecified atom stereocenters. The van der Waals surface area contributed by atoms with E-state index in [0.29, 0.717) is 30.6 Å². The number of nitrogens with one attached hydrogen (secondary N) is 2. The monoisotopic (exact) mass is 470 g/mol. The fourth-order valence-electron chi connectivity index (χ4n) is 4.42. The highest BCUT2D eigenvalue weighted by molar-refractivity contribution is 6.07. The van der Waals surface area contributed by atoms with Gasteiger partial charge in [-0.2, -0.15) is 0 Å². The highest BCUT2D eigenvalue weighted by atomic mass is 16.5. The van der Waals surface area contributed by atoms with E-state index in [1.54, 1.807) is 18.6 Å². The van der Waals surface area contributed by atoms with Crippen LogP contribution in [0.5, 0.6) is 0 Å². The fourth-order valence-corrected chi connectivity index (χ4v) is 4.42. The second-order valence-corrected chi connectivity index (χ2v) is 8.58. The number of amides is 1. The van der Waals surface area contributed by atoms with Gasteiger partial charge in [-0.25, -0.2) is 9.97 Å². The van der Waals surface area contributed by atoms with Crippen molar-refractivity contribution in [2.24, 2.45) is 0 Å². The zero-order valence-electron chi connectivity index (χ0n) is 19.4. The Kier molecular flexibility index (Phi) is 6.78. The number of morpholine rings is 1. The lowest BCUT2D eigenvalue weighted by Gasteiger charge is -2.30. The molecule has 4 N–H and O–H groups in total. The third-order valence-corrected chi connectivity index (χ3v) is 6.37. The Morgan fingerprint density at radius 2 is 1.89 bits per heavy atom. The molecule has 2 saturated heterocycles. The number of hydrogen-bond acceptors (Lipinski definition) is 9. The average Bonchev–Trinajstić information content (AvgIpc) is 3.39. The van der Waals surface area contributed by atoms with Gasteiger partial charge in [0.05, 0.1) is 42.7 Å². The van der Waals surface area contributed by atoms with E-state index < -0.39 is 5.91 Å². The van der Waals surface area contributed by atoms with E-state index in [9.17, 15) is 4.79 Å². The first kappa shape index (κ1) is 23.1. The SMILES string of the molecule is [B]N[C@@H]1CCN(c2ccc(-c3cnc(N)c(C(=O)Nc4cnccc4N4CCOCC4)n3)cc2)C1. The van der Waals surface area contributed by atoms with E-state index in [-0.39, 0.29) is 11.5 Å². The molecule has 11 heteroatoms. The van der Waals surface area contributed by atoms with E-state index in [0.717, 1.165) is 49.5 Å². The van der Waals surface area contributed by atoms with Crippen molar-refractivity contribution >= 4 is 36.8 Å². The fraction of sp³-hybridized carbons (Fsp3) is 0.333. The van der Waals surface area contributed by atoms with Gasteiger partial charge in [-0.15, -0.1) is 0 Å². The van der Waals surface area contributed by atoms with Crippen LogP contribution < -0.4 is 26.1 Å². The summed E-state index contributed by atoms with van der Waals surface area (Å²) >= 11 is 0. The molecule has 2 radical (unpaired) electrons. The molecule has 3 aromatic rings. The predicted octanol–water partition coefficient (Wildman–Crippen LogP) is 1.46. The summed E-state index contributed by atoms with van der Waals surface area (Å²) in [5, 5.41) is 5.75. The van der Waals surface area contributed by atoms with Crippen LogP contribution in [-0.4, -0.2) is 74.3 Å². The lowest BCUT2D eigenvalue weighted by molar-refractivity contribution is 0.102. The van der Waals surface area contributed by atoms with E-state index in [1.165, 1.54) is 0 Å². The Morgan fingerprint density at radius 3 is 2.63 bits per heavy atom. The van der Waals surface area contributed by atoms with Crippen LogP contribution in [0.3, 0.4) is 0 Å². The number of benzene rings is 1. The molecule has 178 valence electrons. The molecule has 5 rings (SSSR count). The summed E-state index contributed by atoms with van der Waals surface area (Å²) in [4.78, 5) is 30.5. The molecule has 0 bridgehead atoms. The van der Waals surface area contributed by atoms with Gasteiger partial charge in [0.2, 0.25) is 0 Å². The van der Waals surface area contributed by atoms with Gasteiger partial charge in [-0.05, 0) is 24.6 Å². The van der Waals surface area contributed by atoms with E-state index in [2.05, 4.69) is 35.3 Å². The minimum atomic E-state index is -0.437. The number of nitrogens with two attached hydrogens (primary N) is 1. The smallest absolute Gasteiger partial charge is 0.278 e. The zero-order chi connectivity index (χ0) is 24.2. The molecule has 2 aliphatic rings. The molecule has 2 fully saturated rings. The second-order valence-electron chi connectivity index (χ2n) is 8.58. The van der Waals surface area contributed by atoms with E-state index >= 15 is 0 Å². The highest BCUT2D eigenvalue weighted by Gasteiger charge is 2.22. The van der Waals surface area contributed by atoms with Gasteiger partial charge in [0.1, 0.15) is 0 Å². The van der Waals surface area contributed by atoms with Crippen molar-refractivity contribution in [2.75, 3.05) is 60.2 Å². The topological polar surface area (TPSA) is 122 Å². The van der Waals surface area contributed by atoms with Crippen LogP contribution in [0, 0.1) is 0 Å². The molecule has 1 amide bonds. The summed E-state index contributed by atoms with van der Waals surface area (Å²) in [7, 11) is 5.57. The third kappa shape index (κ3) is 5.05. The van der Waals surface area contributed by atoms with Crippen molar-refractivity contribution in [3.05, 3.63) is 54.6 Å². The maximum Gasteiger partial charge on any atom is 0.278 e. The quantitative estimate of drug-likeness (QED) is 0.460. The van der Waals surface area contributed by atoms with Crippen molar-refractivity contribution in [2.45, 2.75) is 12.5 Å². The van der Waals surface area contributed by atoms with Crippen LogP contribution in [0.15, 0.2) is 48.9 Å². The molecular formula is C24H27BN8O2. The lowest BCUT2D eigenvalue weighted by Crippen LogP contribution is -2.36. The molecule has 10 nitrogen and oxygen atoms in total. The van der Waals surface area contributed by atoms with Crippen molar-refractivity contribution < 1.29 is 9.53 Å². The number of nitrogens with zero attached hydrogens (tertiary/aromatic N) is 5. The van der Waals surface area contributed by atoms with Crippen molar-refractivity contribution in [1.82, 2.24) is 20.2 Å². The largest absolute Gasteiger partial charge is 0.382 e. The van der Waals surface area contributed by atoms with E-state index in [4.69, 9.17) is 18.5 Å². The first-order valence-electron chi connectivity index (χ1n) is 11.6. The van der Waals surface area contributed by atoms with Crippen molar-refractivity contribution in [1.29, 1.82) is 0 Å². The van der Waals surface area contributed by atoms with Crippen LogP contribution >= 0.6 is 0 Å². The molecule has 35 heavy (non-hydrogen) atoms. The number of nitrogen functional groups attached to an aromatic ring is 1. The summed E-state index contributed by atoms with van der Waals surface area (Å²) < 4.78 is 5.44. The Morgan fingerprint density at radius 1 is 1.09 bits per heavy atom. The van der Waals surface area contributed by atoms with E-state index in [1.807, 2.05) is 30.3 Å². The summed E-state index contributed by atoms with van der Waals surface area (Å²) in [6.45, 7) is 4.56. The van der Waals surface area contributed by atoms with Gasteiger partial charge < -0.3 is 30.8 Å². The lowest BCUT2D eigenvalue weighted by atomic mass is 10.1. The average molecular weight is 470 g/mol. The van der Waals surface area contributed by atoms with Gasteiger partial charge in [-0.3, -0.25) is 9.78 Å².